The molecule has 0 radical (unpaired) electrons. The van der Waals surface area contributed by atoms with Crippen LogP contribution in [0.1, 0.15) is 39.5 Å². The van der Waals surface area contributed by atoms with E-state index >= 15 is 0 Å². The molecule has 2 aliphatic rings. The van der Waals surface area contributed by atoms with Gasteiger partial charge < -0.3 is 15.2 Å². The fourth-order valence-corrected chi connectivity index (χ4v) is 3.39. The Bertz CT molecular complexity index is 337. The Balaban J connectivity index is 2.04. The van der Waals surface area contributed by atoms with E-state index in [4.69, 9.17) is 15.2 Å². The molecule has 5 nitrogen and oxygen atoms in total. The van der Waals surface area contributed by atoms with Gasteiger partial charge in [-0.15, -0.1) is 0 Å². The number of morpholine rings is 1. The van der Waals surface area contributed by atoms with Gasteiger partial charge in [0.1, 0.15) is 5.54 Å². The Kier molecular flexibility index (Phi) is 4.48. The summed E-state index contributed by atoms with van der Waals surface area (Å²) in [5.41, 5.74) is 5.41. The highest BCUT2D eigenvalue weighted by Gasteiger charge is 2.46. The molecule has 2 rings (SSSR count). The second-order valence-electron chi connectivity index (χ2n) is 5.95. The molecule has 19 heavy (non-hydrogen) atoms. The highest BCUT2D eigenvalue weighted by Crippen LogP contribution is 2.34. The molecule has 0 bridgehead atoms. The average molecular weight is 270 g/mol. The topological polar surface area (TPSA) is 64.8 Å². The van der Waals surface area contributed by atoms with Crippen molar-refractivity contribution < 1.29 is 14.3 Å². The van der Waals surface area contributed by atoms with Gasteiger partial charge in [0, 0.05) is 18.6 Å². The third kappa shape index (κ3) is 2.93. The number of hydrogen-bond acceptors (Lipinski definition) is 5. The van der Waals surface area contributed by atoms with Crippen LogP contribution in [0.2, 0.25) is 0 Å². The van der Waals surface area contributed by atoms with Gasteiger partial charge in [-0.2, -0.15) is 0 Å². The first-order valence-corrected chi connectivity index (χ1v) is 7.24. The fraction of sp³-hybridized carbons (Fsp3) is 0.929. The van der Waals surface area contributed by atoms with Crippen LogP contribution in [0.4, 0.5) is 0 Å². The smallest absolute Gasteiger partial charge is 0.325 e. The number of nitrogens with two attached hydrogens (primary N) is 1. The van der Waals surface area contributed by atoms with Crippen molar-refractivity contribution in [2.45, 2.75) is 63.3 Å². The van der Waals surface area contributed by atoms with Gasteiger partial charge in [0.2, 0.25) is 0 Å². The summed E-state index contributed by atoms with van der Waals surface area (Å²) in [4.78, 5) is 14.3. The van der Waals surface area contributed by atoms with Crippen molar-refractivity contribution in [2.24, 2.45) is 5.73 Å². The fourth-order valence-electron chi connectivity index (χ4n) is 3.39. The number of nitrogens with zero attached hydrogens (tertiary/aromatic N) is 1. The van der Waals surface area contributed by atoms with Crippen LogP contribution in [-0.4, -0.2) is 54.9 Å². The number of ether oxygens (including phenoxy) is 2. The number of methoxy groups -OCH3 is 1. The molecule has 2 N–H and O–H groups in total. The standard InChI is InChI=1S/C14H26N2O3/c1-4-11-9-19-10(2)8-16(11)12-5-6-14(15,7-12)13(17)18-3/h10-12H,4-9,15H2,1-3H3. The molecule has 5 heteroatoms. The number of carbonyl (C=O) groups is 1. The van der Waals surface area contributed by atoms with Crippen molar-refractivity contribution >= 4 is 5.97 Å². The zero-order valence-corrected chi connectivity index (χ0v) is 12.2. The molecule has 1 aliphatic heterocycles. The zero-order valence-electron chi connectivity index (χ0n) is 12.2. The third-order valence-electron chi connectivity index (χ3n) is 4.57. The van der Waals surface area contributed by atoms with E-state index in [1.807, 2.05) is 0 Å². The van der Waals surface area contributed by atoms with Gasteiger partial charge in [-0.1, -0.05) is 6.92 Å². The van der Waals surface area contributed by atoms with Crippen molar-refractivity contribution in [1.82, 2.24) is 4.90 Å². The Morgan fingerprint density at radius 2 is 2.32 bits per heavy atom. The second kappa shape index (κ2) is 5.77. The SMILES string of the molecule is CCC1COC(C)CN1C1CCC(N)(C(=O)OC)C1. The maximum absolute atomic E-state index is 11.8. The van der Waals surface area contributed by atoms with Gasteiger partial charge >= 0.3 is 5.97 Å². The molecule has 0 aromatic rings. The second-order valence-corrected chi connectivity index (χ2v) is 5.95. The molecule has 110 valence electrons. The van der Waals surface area contributed by atoms with Crippen LogP contribution >= 0.6 is 0 Å². The van der Waals surface area contributed by atoms with E-state index in [0.717, 1.165) is 26.0 Å². The van der Waals surface area contributed by atoms with Crippen LogP contribution in [0.5, 0.6) is 0 Å². The molecule has 0 aromatic carbocycles. The Morgan fingerprint density at radius 3 is 2.95 bits per heavy atom. The first kappa shape index (κ1) is 14.8. The molecule has 1 saturated heterocycles. The van der Waals surface area contributed by atoms with E-state index in [1.165, 1.54) is 7.11 Å². The monoisotopic (exact) mass is 270 g/mol. The summed E-state index contributed by atoms with van der Waals surface area (Å²) in [6.45, 7) is 6.00. The quantitative estimate of drug-likeness (QED) is 0.772. The summed E-state index contributed by atoms with van der Waals surface area (Å²) in [6.07, 6.45) is 3.71. The zero-order chi connectivity index (χ0) is 14.0. The summed E-state index contributed by atoms with van der Waals surface area (Å²) in [7, 11) is 1.41. The van der Waals surface area contributed by atoms with Crippen LogP contribution in [0.15, 0.2) is 0 Å². The van der Waals surface area contributed by atoms with E-state index in [-0.39, 0.29) is 12.1 Å². The molecule has 1 aliphatic carbocycles. The molecule has 0 aromatic heterocycles. The normalized spacial score (nSPS) is 40.3. The minimum Gasteiger partial charge on any atom is -0.468 e. The van der Waals surface area contributed by atoms with Crippen LogP contribution in [0.3, 0.4) is 0 Å². The van der Waals surface area contributed by atoms with E-state index < -0.39 is 5.54 Å². The molecule has 4 unspecified atom stereocenters. The molecular formula is C14H26N2O3. The van der Waals surface area contributed by atoms with E-state index in [0.29, 0.717) is 24.9 Å². The predicted octanol–water partition coefficient (Wildman–Crippen LogP) is 0.909. The maximum atomic E-state index is 11.8. The minimum absolute atomic E-state index is 0.258. The van der Waals surface area contributed by atoms with Crippen LogP contribution in [-0.2, 0) is 14.3 Å². The molecular weight excluding hydrogens is 244 g/mol. The summed E-state index contributed by atoms with van der Waals surface area (Å²) in [5, 5.41) is 0. The Labute approximate surface area is 115 Å². The summed E-state index contributed by atoms with van der Waals surface area (Å²) in [6, 6.07) is 0.821. The Hall–Kier alpha value is -0.650. The third-order valence-corrected chi connectivity index (χ3v) is 4.57. The first-order chi connectivity index (χ1) is 9.00. The maximum Gasteiger partial charge on any atom is 0.325 e. The van der Waals surface area contributed by atoms with Gasteiger partial charge in [-0.25, -0.2) is 0 Å². The predicted molar refractivity (Wildman–Crippen MR) is 72.8 cm³/mol. The molecule has 0 spiro atoms. The number of carbonyl (C=O) groups excluding carboxylic acids is 1. The molecule has 0 amide bonds. The summed E-state index contributed by atoms with van der Waals surface area (Å²) < 4.78 is 10.6. The van der Waals surface area contributed by atoms with Gasteiger partial charge in [-0.05, 0) is 32.6 Å². The average Bonchev–Trinajstić information content (AvgIpc) is 2.81. The molecule has 2 fully saturated rings. The van der Waals surface area contributed by atoms with Crippen molar-refractivity contribution in [3.8, 4) is 0 Å². The Morgan fingerprint density at radius 1 is 1.58 bits per heavy atom. The van der Waals surface area contributed by atoms with Crippen molar-refractivity contribution in [3.05, 3.63) is 0 Å². The van der Waals surface area contributed by atoms with Crippen molar-refractivity contribution in [1.29, 1.82) is 0 Å². The summed E-state index contributed by atoms with van der Waals surface area (Å²) >= 11 is 0. The van der Waals surface area contributed by atoms with Crippen molar-refractivity contribution in [3.63, 3.8) is 0 Å². The first-order valence-electron chi connectivity index (χ1n) is 7.24. The van der Waals surface area contributed by atoms with Gasteiger partial charge in [0.25, 0.3) is 0 Å². The van der Waals surface area contributed by atoms with Crippen molar-refractivity contribution in [2.75, 3.05) is 20.3 Å². The molecule has 1 saturated carbocycles. The van der Waals surface area contributed by atoms with Crippen LogP contribution in [0, 0.1) is 0 Å². The lowest BCUT2D eigenvalue weighted by atomic mass is 9.98. The molecule has 4 atom stereocenters. The van der Waals surface area contributed by atoms with Crippen LogP contribution in [0.25, 0.3) is 0 Å². The molecule has 1 heterocycles. The van der Waals surface area contributed by atoms with E-state index in [2.05, 4.69) is 18.7 Å². The lowest BCUT2D eigenvalue weighted by molar-refractivity contribution is -0.147. The lowest BCUT2D eigenvalue weighted by Crippen LogP contribution is -2.54. The highest BCUT2D eigenvalue weighted by atomic mass is 16.5. The van der Waals surface area contributed by atoms with Gasteiger partial charge in [0.15, 0.2) is 0 Å². The van der Waals surface area contributed by atoms with Gasteiger partial charge in [-0.3, -0.25) is 9.69 Å². The number of hydrogen-bond donors (Lipinski definition) is 1. The van der Waals surface area contributed by atoms with E-state index in [1.54, 1.807) is 0 Å². The summed E-state index contributed by atoms with van der Waals surface area (Å²) in [5.74, 6) is -0.274. The largest absolute Gasteiger partial charge is 0.468 e. The van der Waals surface area contributed by atoms with E-state index in [9.17, 15) is 4.79 Å². The van der Waals surface area contributed by atoms with Gasteiger partial charge in [0.05, 0.1) is 19.8 Å². The lowest BCUT2D eigenvalue weighted by Gasteiger charge is -2.42. The van der Waals surface area contributed by atoms with Crippen LogP contribution < -0.4 is 5.73 Å². The number of rotatable bonds is 3. The number of esters is 1. The highest BCUT2D eigenvalue weighted by molar-refractivity contribution is 5.81. The minimum atomic E-state index is -0.792.